The van der Waals surface area contributed by atoms with Gasteiger partial charge in [0.05, 0.1) is 6.26 Å². The van der Waals surface area contributed by atoms with Crippen LogP contribution in [0.1, 0.15) is 45.3 Å². The zero-order valence-electron chi connectivity index (χ0n) is 11.1. The van der Waals surface area contributed by atoms with Crippen LogP contribution in [0.3, 0.4) is 0 Å². The third kappa shape index (κ3) is 3.35. The van der Waals surface area contributed by atoms with Crippen molar-refractivity contribution in [2.24, 2.45) is 23.5 Å². The minimum absolute atomic E-state index is 0.272. The first-order valence-corrected chi connectivity index (χ1v) is 6.94. The van der Waals surface area contributed by atoms with Crippen LogP contribution < -0.4 is 5.73 Å². The van der Waals surface area contributed by atoms with Gasteiger partial charge in [-0.1, -0.05) is 13.8 Å². The summed E-state index contributed by atoms with van der Waals surface area (Å²) in [4.78, 5) is 0. The molecule has 2 heteroatoms. The summed E-state index contributed by atoms with van der Waals surface area (Å²) in [6.07, 6.45) is 7.93. The van der Waals surface area contributed by atoms with E-state index in [-0.39, 0.29) is 6.04 Å². The highest BCUT2D eigenvalue weighted by Gasteiger charge is 2.27. The van der Waals surface area contributed by atoms with Gasteiger partial charge in [-0.05, 0) is 55.6 Å². The number of hydrogen-bond donors (Lipinski definition) is 1. The van der Waals surface area contributed by atoms with Crippen molar-refractivity contribution in [3.8, 4) is 0 Å². The topological polar surface area (TPSA) is 39.2 Å². The maximum atomic E-state index is 6.30. The molecule has 0 aromatic carbocycles. The van der Waals surface area contributed by atoms with Crippen LogP contribution in [-0.2, 0) is 6.42 Å². The van der Waals surface area contributed by atoms with E-state index in [1.807, 2.05) is 12.1 Å². The lowest BCUT2D eigenvalue weighted by Gasteiger charge is -2.33. The highest BCUT2D eigenvalue weighted by molar-refractivity contribution is 5.01. The van der Waals surface area contributed by atoms with Gasteiger partial charge in [0, 0.05) is 12.5 Å². The van der Waals surface area contributed by atoms with E-state index in [4.69, 9.17) is 10.2 Å². The normalized spacial score (nSPS) is 27.3. The lowest BCUT2D eigenvalue weighted by atomic mass is 9.74. The Bertz CT molecular complexity index is 310. The zero-order chi connectivity index (χ0) is 12.3. The van der Waals surface area contributed by atoms with Crippen molar-refractivity contribution in [1.82, 2.24) is 0 Å². The van der Waals surface area contributed by atoms with Gasteiger partial charge in [-0.3, -0.25) is 0 Å². The molecule has 1 aliphatic rings. The lowest BCUT2D eigenvalue weighted by Crippen LogP contribution is -2.35. The van der Waals surface area contributed by atoms with Gasteiger partial charge in [-0.2, -0.15) is 0 Å². The van der Waals surface area contributed by atoms with E-state index in [1.165, 1.54) is 25.7 Å². The first-order valence-electron chi connectivity index (χ1n) is 6.94. The SMILES string of the molecule is CC(C)C1CCC(C(N)Cc2ccco2)CC1. The minimum atomic E-state index is 0.272. The zero-order valence-corrected chi connectivity index (χ0v) is 11.1. The molecule has 0 spiro atoms. The highest BCUT2D eigenvalue weighted by Crippen LogP contribution is 2.34. The second kappa shape index (κ2) is 5.72. The number of rotatable bonds is 4. The maximum absolute atomic E-state index is 6.30. The predicted molar refractivity (Wildman–Crippen MR) is 70.7 cm³/mol. The van der Waals surface area contributed by atoms with Crippen molar-refractivity contribution in [2.45, 2.75) is 52.0 Å². The number of furan rings is 1. The van der Waals surface area contributed by atoms with Crippen molar-refractivity contribution < 1.29 is 4.42 Å². The van der Waals surface area contributed by atoms with Gasteiger partial charge in [-0.25, -0.2) is 0 Å². The van der Waals surface area contributed by atoms with Crippen molar-refractivity contribution in [3.05, 3.63) is 24.2 Å². The van der Waals surface area contributed by atoms with Crippen LogP contribution in [0, 0.1) is 17.8 Å². The summed E-state index contributed by atoms with van der Waals surface area (Å²) in [5.41, 5.74) is 6.30. The second-order valence-electron chi connectivity index (χ2n) is 5.87. The van der Waals surface area contributed by atoms with Crippen LogP contribution in [0.4, 0.5) is 0 Å². The largest absolute Gasteiger partial charge is 0.469 e. The van der Waals surface area contributed by atoms with Crippen molar-refractivity contribution in [2.75, 3.05) is 0 Å². The second-order valence-corrected chi connectivity index (χ2v) is 5.87. The van der Waals surface area contributed by atoms with Crippen molar-refractivity contribution in [3.63, 3.8) is 0 Å². The van der Waals surface area contributed by atoms with Gasteiger partial charge < -0.3 is 10.2 Å². The Balaban J connectivity index is 1.80. The summed E-state index contributed by atoms with van der Waals surface area (Å²) in [7, 11) is 0. The smallest absolute Gasteiger partial charge is 0.105 e. The van der Waals surface area contributed by atoms with Gasteiger partial charge >= 0.3 is 0 Å². The molecule has 1 saturated carbocycles. The summed E-state index contributed by atoms with van der Waals surface area (Å²) in [5.74, 6) is 3.47. The van der Waals surface area contributed by atoms with E-state index in [0.717, 1.165) is 24.0 Å². The molecule has 0 radical (unpaired) electrons. The van der Waals surface area contributed by atoms with Crippen molar-refractivity contribution >= 4 is 0 Å². The number of hydrogen-bond acceptors (Lipinski definition) is 2. The molecule has 17 heavy (non-hydrogen) atoms. The predicted octanol–water partition coefficient (Wildman–Crippen LogP) is 3.61. The Morgan fingerprint density at radius 2 is 1.88 bits per heavy atom. The summed E-state index contributed by atoms with van der Waals surface area (Å²) in [6.45, 7) is 4.68. The molecule has 2 N–H and O–H groups in total. The van der Waals surface area contributed by atoms with Crippen LogP contribution in [0.2, 0.25) is 0 Å². The lowest BCUT2D eigenvalue weighted by molar-refractivity contribution is 0.200. The highest BCUT2D eigenvalue weighted by atomic mass is 16.3. The van der Waals surface area contributed by atoms with Crippen LogP contribution in [-0.4, -0.2) is 6.04 Å². The van der Waals surface area contributed by atoms with Crippen LogP contribution in [0.5, 0.6) is 0 Å². The monoisotopic (exact) mass is 235 g/mol. The maximum Gasteiger partial charge on any atom is 0.105 e. The van der Waals surface area contributed by atoms with E-state index in [9.17, 15) is 0 Å². The van der Waals surface area contributed by atoms with Gasteiger partial charge in [0.15, 0.2) is 0 Å². The fourth-order valence-electron chi connectivity index (χ4n) is 3.07. The molecular weight excluding hydrogens is 210 g/mol. The van der Waals surface area contributed by atoms with Gasteiger partial charge in [0.25, 0.3) is 0 Å². The molecule has 1 atom stereocenters. The van der Waals surface area contributed by atoms with E-state index in [0.29, 0.717) is 5.92 Å². The molecule has 1 fully saturated rings. The minimum Gasteiger partial charge on any atom is -0.469 e. The first-order chi connectivity index (χ1) is 8.16. The molecule has 0 bridgehead atoms. The van der Waals surface area contributed by atoms with E-state index < -0.39 is 0 Å². The Morgan fingerprint density at radius 3 is 2.41 bits per heavy atom. The molecule has 1 aromatic rings. The Morgan fingerprint density at radius 1 is 1.24 bits per heavy atom. The third-order valence-corrected chi connectivity index (χ3v) is 4.38. The molecule has 1 heterocycles. The molecule has 96 valence electrons. The fraction of sp³-hybridized carbons (Fsp3) is 0.733. The summed E-state index contributed by atoms with van der Waals surface area (Å²) >= 11 is 0. The molecule has 1 unspecified atom stereocenters. The van der Waals surface area contributed by atoms with E-state index >= 15 is 0 Å². The molecule has 2 rings (SSSR count). The summed E-state index contributed by atoms with van der Waals surface area (Å²) < 4.78 is 5.37. The summed E-state index contributed by atoms with van der Waals surface area (Å²) in [6, 6.07) is 4.24. The van der Waals surface area contributed by atoms with Gasteiger partial charge in [-0.15, -0.1) is 0 Å². The average molecular weight is 235 g/mol. The summed E-state index contributed by atoms with van der Waals surface area (Å²) in [5, 5.41) is 0. The first kappa shape index (κ1) is 12.7. The molecule has 0 saturated heterocycles. The quantitative estimate of drug-likeness (QED) is 0.866. The molecule has 2 nitrogen and oxygen atoms in total. The number of nitrogens with two attached hydrogens (primary N) is 1. The standard InChI is InChI=1S/C15H25NO/c1-11(2)12-5-7-13(8-6-12)15(16)10-14-4-3-9-17-14/h3-4,9,11-13,15H,5-8,10,16H2,1-2H3. The average Bonchev–Trinajstić information content (AvgIpc) is 2.82. The molecule has 1 aromatic heterocycles. The Hall–Kier alpha value is -0.760. The van der Waals surface area contributed by atoms with Crippen LogP contribution >= 0.6 is 0 Å². The Labute approximate surface area is 105 Å². The molecule has 1 aliphatic carbocycles. The van der Waals surface area contributed by atoms with Gasteiger partial charge in [0.2, 0.25) is 0 Å². The molecular formula is C15H25NO. The Kier molecular flexibility index (Phi) is 4.27. The van der Waals surface area contributed by atoms with E-state index in [2.05, 4.69) is 13.8 Å². The van der Waals surface area contributed by atoms with Crippen LogP contribution in [0.25, 0.3) is 0 Å². The molecule has 0 aliphatic heterocycles. The third-order valence-electron chi connectivity index (χ3n) is 4.38. The van der Waals surface area contributed by atoms with Crippen LogP contribution in [0.15, 0.2) is 22.8 Å². The van der Waals surface area contributed by atoms with Crippen molar-refractivity contribution in [1.29, 1.82) is 0 Å². The molecule has 0 amide bonds. The van der Waals surface area contributed by atoms with E-state index in [1.54, 1.807) is 6.26 Å². The van der Waals surface area contributed by atoms with Gasteiger partial charge in [0.1, 0.15) is 5.76 Å². The fourth-order valence-corrected chi connectivity index (χ4v) is 3.07.